The van der Waals surface area contributed by atoms with Crippen LogP contribution < -0.4 is 0 Å². The molecule has 1 aliphatic heterocycles. The molecule has 124 valence electrons. The largest absolute Gasteiger partial charge is 0.335 e. The minimum atomic E-state index is 0.244. The van der Waals surface area contributed by atoms with E-state index in [0.717, 1.165) is 18.2 Å². The molecule has 2 nitrogen and oxygen atoms in total. The highest BCUT2D eigenvalue weighted by Gasteiger charge is 2.40. The molecule has 0 saturated carbocycles. The number of hydrogen-bond acceptors (Lipinski definition) is 3. The van der Waals surface area contributed by atoms with E-state index in [0.29, 0.717) is 0 Å². The number of rotatable bonds is 7. The van der Waals surface area contributed by atoms with Crippen LogP contribution in [-0.2, 0) is 13.0 Å². The van der Waals surface area contributed by atoms with Crippen molar-refractivity contribution < 1.29 is 0 Å². The van der Waals surface area contributed by atoms with Gasteiger partial charge < -0.3 is 4.57 Å². The zero-order valence-electron chi connectivity index (χ0n) is 14.1. The molecule has 2 aromatic rings. The van der Waals surface area contributed by atoms with Crippen LogP contribution in [0.4, 0.5) is 0 Å². The van der Waals surface area contributed by atoms with Gasteiger partial charge in [0, 0.05) is 29.9 Å². The third-order valence-electron chi connectivity index (χ3n) is 4.37. The maximum atomic E-state index is 4.23. The van der Waals surface area contributed by atoms with Crippen molar-refractivity contribution in [3.05, 3.63) is 54.1 Å². The van der Waals surface area contributed by atoms with E-state index in [1.807, 2.05) is 12.5 Å². The molecule has 2 heterocycles. The fraction of sp³-hybridized carbons (Fsp3) is 0.526. The summed E-state index contributed by atoms with van der Waals surface area (Å²) in [5.41, 5.74) is 2.79. The molecule has 0 spiro atoms. The maximum Gasteiger partial charge on any atom is 0.0946 e. The van der Waals surface area contributed by atoms with Crippen LogP contribution in [-0.4, -0.2) is 24.6 Å². The van der Waals surface area contributed by atoms with Crippen molar-refractivity contribution in [2.24, 2.45) is 0 Å². The van der Waals surface area contributed by atoms with Crippen molar-refractivity contribution in [3.8, 4) is 0 Å². The minimum Gasteiger partial charge on any atom is -0.335 e. The van der Waals surface area contributed by atoms with Crippen LogP contribution in [0.15, 0.2) is 43.0 Å². The number of nitrogens with zero attached hydrogens (tertiary/aromatic N) is 2. The fourth-order valence-electron chi connectivity index (χ4n) is 3.10. The van der Waals surface area contributed by atoms with Gasteiger partial charge in [-0.25, -0.2) is 4.98 Å². The molecule has 4 heteroatoms. The van der Waals surface area contributed by atoms with Crippen LogP contribution in [0.3, 0.4) is 0 Å². The lowest BCUT2D eigenvalue weighted by atomic mass is 10.1. The summed E-state index contributed by atoms with van der Waals surface area (Å²) >= 11 is 4.37. The second-order valence-electron chi connectivity index (χ2n) is 6.50. The Balaban J connectivity index is 1.75. The quantitative estimate of drug-likeness (QED) is 0.689. The Morgan fingerprint density at radius 1 is 1.30 bits per heavy atom. The van der Waals surface area contributed by atoms with Gasteiger partial charge in [-0.15, -0.1) is 23.5 Å². The van der Waals surface area contributed by atoms with Crippen molar-refractivity contribution in [1.82, 2.24) is 9.55 Å². The molecule has 0 aliphatic carbocycles. The van der Waals surface area contributed by atoms with E-state index in [4.69, 9.17) is 0 Å². The summed E-state index contributed by atoms with van der Waals surface area (Å²) in [6, 6.07) is 9.06. The third kappa shape index (κ3) is 4.57. The van der Waals surface area contributed by atoms with Crippen molar-refractivity contribution in [1.29, 1.82) is 0 Å². The molecule has 0 radical (unpaired) electrons. The van der Waals surface area contributed by atoms with E-state index in [-0.39, 0.29) is 4.08 Å². The molecule has 1 aromatic carbocycles. The first kappa shape index (κ1) is 17.0. The Hall–Kier alpha value is -0.870. The van der Waals surface area contributed by atoms with E-state index in [2.05, 4.69) is 77.4 Å². The number of benzene rings is 1. The summed E-state index contributed by atoms with van der Waals surface area (Å²) < 4.78 is 2.49. The van der Waals surface area contributed by atoms with E-state index in [1.165, 1.54) is 36.1 Å². The van der Waals surface area contributed by atoms with Crippen molar-refractivity contribution >= 4 is 23.5 Å². The standard InChI is InChI=1S/C19H26N2S2/c1-3-4-5-18-13-22-19(23-18,14-21-11-10-20-15-21)12-17-8-6-16(2)7-9-17/h6-11,15,18H,3-5,12-14H2,1-2H3. The molecular weight excluding hydrogens is 320 g/mol. The number of thioether (sulfide) groups is 2. The van der Waals surface area contributed by atoms with Gasteiger partial charge in [0.15, 0.2) is 0 Å². The zero-order valence-corrected chi connectivity index (χ0v) is 15.7. The van der Waals surface area contributed by atoms with Gasteiger partial charge in [0.1, 0.15) is 0 Å². The highest BCUT2D eigenvalue weighted by molar-refractivity contribution is 8.21. The summed E-state index contributed by atoms with van der Waals surface area (Å²) in [5.74, 6) is 1.28. The lowest BCUT2D eigenvalue weighted by Gasteiger charge is -2.28. The van der Waals surface area contributed by atoms with Crippen molar-refractivity contribution in [2.75, 3.05) is 5.75 Å². The number of hydrogen-bond donors (Lipinski definition) is 0. The molecule has 1 saturated heterocycles. The monoisotopic (exact) mass is 346 g/mol. The molecule has 1 aromatic heterocycles. The van der Waals surface area contributed by atoms with Gasteiger partial charge in [0.05, 0.1) is 10.4 Å². The zero-order chi connectivity index (χ0) is 16.1. The highest BCUT2D eigenvalue weighted by Crippen LogP contribution is 2.52. The van der Waals surface area contributed by atoms with Gasteiger partial charge in [-0.1, -0.05) is 49.6 Å². The number of aromatic nitrogens is 2. The molecule has 3 rings (SSSR count). The number of aryl methyl sites for hydroxylation is 1. The van der Waals surface area contributed by atoms with Crippen molar-refractivity contribution in [3.63, 3.8) is 0 Å². The Morgan fingerprint density at radius 2 is 2.13 bits per heavy atom. The van der Waals surface area contributed by atoms with Crippen LogP contribution in [0.1, 0.15) is 37.3 Å². The van der Waals surface area contributed by atoms with E-state index >= 15 is 0 Å². The topological polar surface area (TPSA) is 17.8 Å². The Bertz CT molecular complexity index is 594. The molecule has 0 amide bonds. The van der Waals surface area contributed by atoms with Gasteiger partial charge in [0.2, 0.25) is 0 Å². The predicted molar refractivity (Wildman–Crippen MR) is 103 cm³/mol. The van der Waals surface area contributed by atoms with Gasteiger partial charge in [-0.2, -0.15) is 0 Å². The Kier molecular flexibility index (Phi) is 5.76. The molecule has 1 aliphatic rings. The van der Waals surface area contributed by atoms with Crippen molar-refractivity contribution in [2.45, 2.75) is 55.4 Å². The first-order chi connectivity index (χ1) is 11.2. The van der Waals surface area contributed by atoms with Crippen LogP contribution >= 0.6 is 23.5 Å². The summed E-state index contributed by atoms with van der Waals surface area (Å²) in [7, 11) is 0. The van der Waals surface area contributed by atoms with E-state index in [1.54, 1.807) is 0 Å². The molecule has 23 heavy (non-hydrogen) atoms. The van der Waals surface area contributed by atoms with Gasteiger partial charge in [0.25, 0.3) is 0 Å². The molecule has 2 atom stereocenters. The van der Waals surface area contributed by atoms with Crippen LogP contribution in [0.25, 0.3) is 0 Å². The summed E-state index contributed by atoms with van der Waals surface area (Å²) in [4.78, 5) is 4.23. The highest BCUT2D eigenvalue weighted by atomic mass is 32.2. The Morgan fingerprint density at radius 3 is 2.83 bits per heavy atom. The first-order valence-corrected chi connectivity index (χ1v) is 10.4. The van der Waals surface area contributed by atoms with Crippen LogP contribution in [0.5, 0.6) is 0 Å². The molecule has 2 unspecified atom stereocenters. The molecular formula is C19H26N2S2. The summed E-state index contributed by atoms with van der Waals surface area (Å²) in [6.45, 7) is 5.49. The Labute approximate surface area is 148 Å². The molecule has 0 bridgehead atoms. The second kappa shape index (κ2) is 7.80. The number of unbranched alkanes of at least 4 members (excludes halogenated alkanes) is 1. The average molecular weight is 347 g/mol. The van der Waals surface area contributed by atoms with Gasteiger partial charge >= 0.3 is 0 Å². The summed E-state index contributed by atoms with van der Waals surface area (Å²) in [6.07, 6.45) is 11.1. The van der Waals surface area contributed by atoms with E-state index < -0.39 is 0 Å². The van der Waals surface area contributed by atoms with Crippen LogP contribution in [0.2, 0.25) is 0 Å². The SMILES string of the molecule is CCCCC1CSC(Cc2ccc(C)cc2)(Cn2ccnc2)S1. The minimum absolute atomic E-state index is 0.244. The molecule has 0 N–H and O–H groups in total. The van der Waals surface area contributed by atoms with Crippen LogP contribution in [0, 0.1) is 6.92 Å². The second-order valence-corrected chi connectivity index (χ2v) is 9.85. The predicted octanol–water partition coefficient (Wildman–Crippen LogP) is 5.17. The van der Waals surface area contributed by atoms with E-state index in [9.17, 15) is 0 Å². The number of imidazole rings is 1. The normalized spacial score (nSPS) is 24.2. The van der Waals surface area contributed by atoms with Gasteiger partial charge in [-0.05, 0) is 25.3 Å². The molecule has 1 fully saturated rings. The summed E-state index contributed by atoms with van der Waals surface area (Å²) in [5, 5.41) is 0.800. The smallest absolute Gasteiger partial charge is 0.0946 e. The maximum absolute atomic E-state index is 4.23. The fourth-order valence-corrected chi connectivity index (χ4v) is 6.99. The third-order valence-corrected chi connectivity index (χ3v) is 8.03. The first-order valence-electron chi connectivity index (χ1n) is 8.52. The lowest BCUT2D eigenvalue weighted by molar-refractivity contribution is 0.624. The lowest BCUT2D eigenvalue weighted by Crippen LogP contribution is -2.27. The van der Waals surface area contributed by atoms with Gasteiger partial charge in [-0.3, -0.25) is 0 Å². The average Bonchev–Trinajstić information content (AvgIpc) is 3.18.